The van der Waals surface area contributed by atoms with Crippen molar-refractivity contribution in [2.45, 2.75) is 44.2 Å². The van der Waals surface area contributed by atoms with E-state index in [1.165, 1.54) is 18.3 Å². The molecule has 38 heavy (non-hydrogen) atoms. The van der Waals surface area contributed by atoms with Crippen molar-refractivity contribution in [1.29, 1.82) is 0 Å². The molecule has 1 saturated heterocycles. The van der Waals surface area contributed by atoms with Gasteiger partial charge in [-0.2, -0.15) is 13.2 Å². The molecular weight excluding hydrogens is 521 g/mol. The molecule has 0 radical (unpaired) electrons. The molecule has 2 heterocycles. The standard InChI is InChI=1S/C22H21F3N4O9/c23-22(24,25)20(33)26-5-1-2-12-3-4-13(15(6-12)29(35)36)10-37-11-14-8-28(21(34)27-19(14)32)18-7-16(31)17(9-30)38-18/h3-4,6,8,16-18,30-31H,5,7,9-11H2,(H,26,33)(H,27,32,34)/t16-,17+,18+/m0/s1. The van der Waals surface area contributed by atoms with Crippen LogP contribution in [0.5, 0.6) is 0 Å². The van der Waals surface area contributed by atoms with E-state index in [1.54, 1.807) is 5.32 Å². The Bertz CT molecular complexity index is 1380. The monoisotopic (exact) mass is 542 g/mol. The number of hydrogen-bond acceptors (Lipinski definition) is 9. The molecule has 1 amide bonds. The van der Waals surface area contributed by atoms with Gasteiger partial charge in [0.1, 0.15) is 12.3 Å². The summed E-state index contributed by atoms with van der Waals surface area (Å²) in [5.41, 5.74) is -1.78. The first-order valence-electron chi connectivity index (χ1n) is 10.9. The number of aliphatic hydroxyl groups excluding tert-OH is 2. The summed E-state index contributed by atoms with van der Waals surface area (Å²) in [4.78, 5) is 48.0. The summed E-state index contributed by atoms with van der Waals surface area (Å²) < 4.78 is 48.4. The van der Waals surface area contributed by atoms with Crippen molar-refractivity contribution in [2.75, 3.05) is 13.2 Å². The van der Waals surface area contributed by atoms with Gasteiger partial charge in [-0.15, -0.1) is 0 Å². The number of H-pyrrole nitrogens is 1. The average molecular weight is 542 g/mol. The quantitative estimate of drug-likeness (QED) is 0.200. The SMILES string of the molecule is O=C(NCC#Cc1ccc(COCc2cn([C@H]3C[C@H](O)[C@@H](CO)O3)c(=O)[nH]c2=O)c([N+](=O)[O-])c1)C(F)(F)F. The van der Waals surface area contributed by atoms with Crippen molar-refractivity contribution >= 4 is 11.6 Å². The minimum atomic E-state index is -5.06. The van der Waals surface area contributed by atoms with Crippen molar-refractivity contribution < 1.29 is 42.6 Å². The van der Waals surface area contributed by atoms with Gasteiger partial charge in [0.2, 0.25) is 0 Å². The number of hydrogen-bond donors (Lipinski definition) is 4. The minimum absolute atomic E-state index is 0.00634. The lowest BCUT2D eigenvalue weighted by Crippen LogP contribution is -2.36. The summed E-state index contributed by atoms with van der Waals surface area (Å²) in [7, 11) is 0. The van der Waals surface area contributed by atoms with Crippen molar-refractivity contribution in [1.82, 2.24) is 14.9 Å². The highest BCUT2D eigenvalue weighted by Gasteiger charge is 2.38. The molecule has 1 aromatic carbocycles. The zero-order valence-corrected chi connectivity index (χ0v) is 19.4. The van der Waals surface area contributed by atoms with E-state index >= 15 is 0 Å². The summed E-state index contributed by atoms with van der Waals surface area (Å²) in [5.74, 6) is 2.51. The molecule has 1 aliphatic heterocycles. The molecule has 4 N–H and O–H groups in total. The number of carbonyl (C=O) groups is 1. The molecule has 3 atom stereocenters. The number of aromatic amines is 1. The van der Waals surface area contributed by atoms with Crippen LogP contribution < -0.4 is 16.6 Å². The van der Waals surface area contributed by atoms with Gasteiger partial charge < -0.3 is 25.0 Å². The zero-order valence-electron chi connectivity index (χ0n) is 19.4. The van der Waals surface area contributed by atoms with Gasteiger partial charge in [-0.3, -0.25) is 29.3 Å². The van der Waals surface area contributed by atoms with Gasteiger partial charge in [0.05, 0.1) is 48.5 Å². The minimum Gasteiger partial charge on any atom is -0.394 e. The second kappa shape index (κ2) is 12.0. The third kappa shape index (κ3) is 7.04. The molecule has 1 aliphatic rings. The van der Waals surface area contributed by atoms with Crippen LogP contribution in [-0.4, -0.2) is 62.1 Å². The third-order valence-corrected chi connectivity index (χ3v) is 5.36. The lowest BCUT2D eigenvalue weighted by Gasteiger charge is -2.15. The molecular formula is C22H21F3N4O9. The van der Waals surface area contributed by atoms with E-state index in [1.807, 2.05) is 0 Å². The van der Waals surface area contributed by atoms with Crippen LogP contribution in [0.25, 0.3) is 0 Å². The number of ether oxygens (including phenoxy) is 2. The van der Waals surface area contributed by atoms with E-state index in [0.717, 1.165) is 10.6 Å². The summed E-state index contributed by atoms with van der Waals surface area (Å²) in [6.45, 7) is -1.77. The maximum Gasteiger partial charge on any atom is 0.471 e. The van der Waals surface area contributed by atoms with Gasteiger partial charge in [-0.05, 0) is 12.1 Å². The van der Waals surface area contributed by atoms with Gasteiger partial charge in [0.15, 0.2) is 0 Å². The molecule has 2 aromatic rings. The predicted octanol–water partition coefficient (Wildman–Crippen LogP) is -0.168. The number of benzene rings is 1. The van der Waals surface area contributed by atoms with E-state index in [0.29, 0.717) is 0 Å². The van der Waals surface area contributed by atoms with Gasteiger partial charge in [0.25, 0.3) is 11.2 Å². The topological polar surface area (TPSA) is 186 Å². The van der Waals surface area contributed by atoms with E-state index in [9.17, 15) is 47.9 Å². The summed E-state index contributed by atoms with van der Waals surface area (Å²) in [5, 5.41) is 32.1. The first kappa shape index (κ1) is 28.5. The lowest BCUT2D eigenvalue weighted by atomic mass is 10.1. The zero-order chi connectivity index (χ0) is 28.0. The Morgan fingerprint density at radius 3 is 2.66 bits per heavy atom. The van der Waals surface area contributed by atoms with Crippen LogP contribution in [-0.2, 0) is 27.5 Å². The molecule has 1 aromatic heterocycles. The number of nitro groups is 1. The normalized spacial score (nSPS) is 19.0. The molecule has 204 valence electrons. The second-order valence-corrected chi connectivity index (χ2v) is 8.01. The van der Waals surface area contributed by atoms with E-state index in [2.05, 4.69) is 16.8 Å². The lowest BCUT2D eigenvalue weighted by molar-refractivity contribution is -0.386. The molecule has 0 spiro atoms. The third-order valence-electron chi connectivity index (χ3n) is 5.36. The predicted molar refractivity (Wildman–Crippen MR) is 120 cm³/mol. The van der Waals surface area contributed by atoms with Crippen molar-refractivity contribution in [3.8, 4) is 11.8 Å². The highest BCUT2D eigenvalue weighted by molar-refractivity contribution is 5.81. The largest absolute Gasteiger partial charge is 0.471 e. The number of nitro benzene ring substituents is 1. The number of halogens is 3. The molecule has 3 rings (SSSR count). The van der Waals surface area contributed by atoms with Crippen LogP contribution in [0.1, 0.15) is 29.3 Å². The smallest absolute Gasteiger partial charge is 0.394 e. The molecule has 0 saturated carbocycles. The van der Waals surface area contributed by atoms with Crippen LogP contribution in [0.3, 0.4) is 0 Å². The summed E-state index contributed by atoms with van der Waals surface area (Å²) >= 11 is 0. The van der Waals surface area contributed by atoms with E-state index in [4.69, 9.17) is 9.47 Å². The molecule has 13 nitrogen and oxygen atoms in total. The Morgan fingerprint density at radius 1 is 1.32 bits per heavy atom. The molecule has 0 bridgehead atoms. The molecule has 16 heteroatoms. The van der Waals surface area contributed by atoms with Crippen LogP contribution in [0.15, 0.2) is 34.0 Å². The van der Waals surface area contributed by atoms with E-state index < -0.39 is 65.5 Å². The fourth-order valence-electron chi connectivity index (χ4n) is 3.47. The number of nitrogens with zero attached hydrogens (tertiary/aromatic N) is 2. The maximum atomic E-state index is 12.2. The van der Waals surface area contributed by atoms with Gasteiger partial charge in [0, 0.05) is 24.2 Å². The fourth-order valence-corrected chi connectivity index (χ4v) is 3.47. The number of amides is 1. The van der Waals surface area contributed by atoms with Gasteiger partial charge in [-0.25, -0.2) is 4.79 Å². The first-order chi connectivity index (χ1) is 17.9. The van der Waals surface area contributed by atoms with Crippen LogP contribution in [0.4, 0.5) is 18.9 Å². The Hall–Kier alpha value is -4.04. The number of alkyl halides is 3. The van der Waals surface area contributed by atoms with Crippen LogP contribution >= 0.6 is 0 Å². The Morgan fingerprint density at radius 2 is 2.03 bits per heavy atom. The highest BCUT2D eigenvalue weighted by Crippen LogP contribution is 2.27. The number of nitrogens with one attached hydrogen (secondary N) is 2. The number of rotatable bonds is 8. The van der Waals surface area contributed by atoms with Crippen molar-refractivity contribution in [3.05, 3.63) is 72.0 Å². The summed E-state index contributed by atoms with van der Waals surface area (Å²) in [6, 6.07) is 3.74. The summed E-state index contributed by atoms with van der Waals surface area (Å²) in [6.07, 6.45) is -6.75. The van der Waals surface area contributed by atoms with Gasteiger partial charge >= 0.3 is 17.8 Å². The Labute approximate surface area is 211 Å². The molecule has 1 fully saturated rings. The van der Waals surface area contributed by atoms with Gasteiger partial charge in [-0.1, -0.05) is 11.8 Å². The maximum absolute atomic E-state index is 12.2. The first-order valence-corrected chi connectivity index (χ1v) is 10.9. The fraction of sp³-hybridized carbons (Fsp3) is 0.409. The Kier molecular flexibility index (Phi) is 9.01. The van der Waals surface area contributed by atoms with Crippen molar-refractivity contribution in [3.63, 3.8) is 0 Å². The van der Waals surface area contributed by atoms with E-state index in [-0.39, 0.29) is 36.3 Å². The van der Waals surface area contributed by atoms with Crippen LogP contribution in [0, 0.1) is 22.0 Å². The molecule has 0 aliphatic carbocycles. The molecule has 0 unspecified atom stereocenters. The Balaban J connectivity index is 1.67. The highest BCUT2D eigenvalue weighted by atomic mass is 19.4. The number of carbonyl (C=O) groups excluding carboxylic acids is 1. The number of aromatic nitrogens is 2. The van der Waals surface area contributed by atoms with Crippen molar-refractivity contribution in [2.24, 2.45) is 0 Å². The second-order valence-electron chi connectivity index (χ2n) is 8.01. The number of aliphatic hydroxyl groups is 2. The average Bonchev–Trinajstić information content (AvgIpc) is 3.23. The van der Waals surface area contributed by atoms with Crippen LogP contribution in [0.2, 0.25) is 0 Å².